The Kier molecular flexibility index (Phi) is 4.73. The molecule has 0 bridgehead atoms. The van der Waals surface area contributed by atoms with Crippen LogP contribution in [0.4, 0.5) is 0 Å². The van der Waals surface area contributed by atoms with E-state index in [4.69, 9.17) is 4.52 Å². The molecule has 0 radical (unpaired) electrons. The average Bonchev–Trinajstić information content (AvgIpc) is 3.35. The van der Waals surface area contributed by atoms with Gasteiger partial charge in [0.15, 0.2) is 5.82 Å². The van der Waals surface area contributed by atoms with Crippen molar-refractivity contribution in [1.82, 2.24) is 20.8 Å². The first-order chi connectivity index (χ1) is 13.1. The van der Waals surface area contributed by atoms with Gasteiger partial charge in [-0.25, -0.2) is 0 Å². The molecule has 6 nitrogen and oxygen atoms in total. The molecule has 1 aliphatic heterocycles. The minimum Gasteiger partial charge on any atom is -0.348 e. The Bertz CT molecular complexity index is 978. The summed E-state index contributed by atoms with van der Waals surface area (Å²) in [5.74, 6) is 1.01. The predicted molar refractivity (Wildman–Crippen MR) is 102 cm³/mol. The van der Waals surface area contributed by atoms with E-state index in [9.17, 15) is 4.79 Å². The lowest BCUT2D eigenvalue weighted by Gasteiger charge is -2.09. The Hall–Kier alpha value is -2.99. The number of rotatable bonds is 5. The standard InChI is InChI=1S/C21H22N4O2/c1-13(2)19-24-21(27-25-19)18-6-4-3-5-17(18)20(26)23-10-14-7-8-15-11-22-12-16(15)9-14/h3-9,13,22H,10-12H2,1-2H3,(H,23,26). The Morgan fingerprint density at radius 2 is 2.00 bits per heavy atom. The molecule has 1 aromatic heterocycles. The van der Waals surface area contributed by atoms with Gasteiger partial charge in [-0.2, -0.15) is 4.98 Å². The van der Waals surface area contributed by atoms with Crippen LogP contribution in [-0.4, -0.2) is 16.0 Å². The second-order valence-corrected chi connectivity index (χ2v) is 7.05. The van der Waals surface area contributed by atoms with E-state index in [1.807, 2.05) is 32.0 Å². The van der Waals surface area contributed by atoms with Gasteiger partial charge >= 0.3 is 0 Å². The Morgan fingerprint density at radius 1 is 1.19 bits per heavy atom. The molecule has 0 saturated heterocycles. The van der Waals surface area contributed by atoms with Crippen molar-refractivity contribution in [2.24, 2.45) is 0 Å². The molecule has 0 atom stereocenters. The molecule has 27 heavy (non-hydrogen) atoms. The van der Waals surface area contributed by atoms with Crippen molar-refractivity contribution in [3.63, 3.8) is 0 Å². The van der Waals surface area contributed by atoms with Crippen LogP contribution in [-0.2, 0) is 19.6 Å². The zero-order chi connectivity index (χ0) is 18.8. The third-order valence-electron chi connectivity index (χ3n) is 4.71. The van der Waals surface area contributed by atoms with Crippen LogP contribution in [0.25, 0.3) is 11.5 Å². The highest BCUT2D eigenvalue weighted by Gasteiger charge is 2.18. The highest BCUT2D eigenvalue weighted by atomic mass is 16.5. The lowest BCUT2D eigenvalue weighted by atomic mass is 10.1. The van der Waals surface area contributed by atoms with Crippen LogP contribution < -0.4 is 10.6 Å². The molecule has 0 aliphatic carbocycles. The third kappa shape index (κ3) is 3.61. The lowest BCUT2D eigenvalue weighted by molar-refractivity contribution is 0.0951. The molecule has 6 heteroatoms. The molecule has 2 N–H and O–H groups in total. The largest absolute Gasteiger partial charge is 0.348 e. The SMILES string of the molecule is CC(C)c1noc(-c2ccccc2C(=O)NCc2ccc3c(c2)CNC3)n1. The van der Waals surface area contributed by atoms with E-state index < -0.39 is 0 Å². The van der Waals surface area contributed by atoms with Crippen molar-refractivity contribution in [2.45, 2.75) is 39.4 Å². The van der Waals surface area contributed by atoms with E-state index in [2.05, 4.69) is 39.0 Å². The van der Waals surface area contributed by atoms with Crippen molar-refractivity contribution in [3.8, 4) is 11.5 Å². The number of nitrogens with one attached hydrogen (secondary N) is 2. The molecule has 0 saturated carbocycles. The first-order valence-corrected chi connectivity index (χ1v) is 9.14. The number of fused-ring (bicyclic) bond motifs is 1. The van der Waals surface area contributed by atoms with E-state index in [-0.39, 0.29) is 11.8 Å². The molecule has 1 aliphatic rings. The van der Waals surface area contributed by atoms with Crippen LogP contribution in [0.3, 0.4) is 0 Å². The quantitative estimate of drug-likeness (QED) is 0.727. The van der Waals surface area contributed by atoms with Crippen LogP contribution in [0.1, 0.15) is 52.6 Å². The van der Waals surface area contributed by atoms with E-state index in [0.29, 0.717) is 29.4 Å². The van der Waals surface area contributed by atoms with Gasteiger partial charge in [0, 0.05) is 25.6 Å². The maximum Gasteiger partial charge on any atom is 0.258 e. The fourth-order valence-electron chi connectivity index (χ4n) is 3.18. The van der Waals surface area contributed by atoms with Gasteiger partial charge in [0.1, 0.15) is 0 Å². The minimum atomic E-state index is -0.159. The molecule has 0 spiro atoms. The zero-order valence-electron chi connectivity index (χ0n) is 15.5. The molecule has 0 fully saturated rings. The summed E-state index contributed by atoms with van der Waals surface area (Å²) in [7, 11) is 0. The molecule has 0 unspecified atom stereocenters. The van der Waals surface area contributed by atoms with Crippen molar-refractivity contribution >= 4 is 5.91 Å². The van der Waals surface area contributed by atoms with Gasteiger partial charge in [-0.3, -0.25) is 4.79 Å². The maximum absolute atomic E-state index is 12.8. The van der Waals surface area contributed by atoms with Gasteiger partial charge in [-0.05, 0) is 28.8 Å². The number of nitrogens with zero attached hydrogens (tertiary/aromatic N) is 2. The van der Waals surface area contributed by atoms with Crippen LogP contribution in [0, 0.1) is 0 Å². The molecular formula is C21H22N4O2. The van der Waals surface area contributed by atoms with Gasteiger partial charge in [-0.15, -0.1) is 0 Å². The minimum absolute atomic E-state index is 0.159. The summed E-state index contributed by atoms with van der Waals surface area (Å²) in [4.78, 5) is 17.2. The second-order valence-electron chi connectivity index (χ2n) is 7.05. The highest BCUT2D eigenvalue weighted by Crippen LogP contribution is 2.24. The van der Waals surface area contributed by atoms with Crippen molar-refractivity contribution < 1.29 is 9.32 Å². The van der Waals surface area contributed by atoms with E-state index in [0.717, 1.165) is 18.7 Å². The van der Waals surface area contributed by atoms with Gasteiger partial charge in [0.05, 0.1) is 11.1 Å². The van der Waals surface area contributed by atoms with Gasteiger partial charge in [0.25, 0.3) is 11.8 Å². The summed E-state index contributed by atoms with van der Waals surface area (Å²) in [6.45, 7) is 6.27. The van der Waals surface area contributed by atoms with Crippen molar-refractivity contribution in [1.29, 1.82) is 0 Å². The normalized spacial score (nSPS) is 13.0. The number of carbonyl (C=O) groups is 1. The number of hydrogen-bond donors (Lipinski definition) is 2. The molecule has 2 heterocycles. The van der Waals surface area contributed by atoms with Crippen molar-refractivity contribution in [2.75, 3.05) is 0 Å². The van der Waals surface area contributed by atoms with E-state index in [1.54, 1.807) is 6.07 Å². The first-order valence-electron chi connectivity index (χ1n) is 9.14. The molecule has 3 aromatic rings. The topological polar surface area (TPSA) is 80.0 Å². The van der Waals surface area contributed by atoms with Gasteiger partial charge in [0.2, 0.25) is 0 Å². The second kappa shape index (κ2) is 7.32. The third-order valence-corrected chi connectivity index (χ3v) is 4.71. The fourth-order valence-corrected chi connectivity index (χ4v) is 3.18. The zero-order valence-corrected chi connectivity index (χ0v) is 15.5. The Balaban J connectivity index is 1.52. The summed E-state index contributed by atoms with van der Waals surface area (Å²) in [5.41, 5.74) is 4.89. The highest BCUT2D eigenvalue weighted by molar-refractivity contribution is 5.99. The smallest absolute Gasteiger partial charge is 0.258 e. The molecular weight excluding hydrogens is 340 g/mol. The van der Waals surface area contributed by atoms with Gasteiger partial charge in [-0.1, -0.05) is 49.3 Å². The number of aromatic nitrogens is 2. The predicted octanol–water partition coefficient (Wildman–Crippen LogP) is 3.39. The lowest BCUT2D eigenvalue weighted by Crippen LogP contribution is -2.23. The summed E-state index contributed by atoms with van der Waals surface area (Å²) >= 11 is 0. The van der Waals surface area contributed by atoms with Crippen molar-refractivity contribution in [3.05, 3.63) is 70.5 Å². The summed E-state index contributed by atoms with van der Waals surface area (Å²) in [6, 6.07) is 13.6. The number of benzene rings is 2. The number of carbonyl (C=O) groups excluding carboxylic acids is 1. The summed E-state index contributed by atoms with van der Waals surface area (Å²) in [5, 5.41) is 10.3. The van der Waals surface area contributed by atoms with Crippen LogP contribution in [0.2, 0.25) is 0 Å². The number of hydrogen-bond acceptors (Lipinski definition) is 5. The fraction of sp³-hybridized carbons (Fsp3) is 0.286. The first kappa shape index (κ1) is 17.4. The summed E-state index contributed by atoms with van der Waals surface area (Å²) in [6.07, 6.45) is 0. The van der Waals surface area contributed by atoms with Crippen LogP contribution in [0.15, 0.2) is 47.0 Å². The average molecular weight is 362 g/mol. The summed E-state index contributed by atoms with van der Waals surface area (Å²) < 4.78 is 5.37. The monoisotopic (exact) mass is 362 g/mol. The van der Waals surface area contributed by atoms with Gasteiger partial charge < -0.3 is 15.2 Å². The van der Waals surface area contributed by atoms with Crippen LogP contribution >= 0.6 is 0 Å². The molecule has 1 amide bonds. The Labute approximate surface area is 158 Å². The molecule has 2 aromatic carbocycles. The number of amides is 1. The van der Waals surface area contributed by atoms with E-state index in [1.165, 1.54) is 11.1 Å². The van der Waals surface area contributed by atoms with Crippen LogP contribution in [0.5, 0.6) is 0 Å². The molecule has 4 rings (SSSR count). The maximum atomic E-state index is 12.8. The molecule has 138 valence electrons. The van der Waals surface area contributed by atoms with E-state index >= 15 is 0 Å². The Morgan fingerprint density at radius 3 is 2.81 bits per heavy atom.